The van der Waals surface area contributed by atoms with Crippen molar-refractivity contribution in [3.63, 3.8) is 0 Å². The molecular formula is C32H44N2O5S. The van der Waals surface area contributed by atoms with Gasteiger partial charge >= 0.3 is 5.97 Å². The molecule has 3 heterocycles. The van der Waals surface area contributed by atoms with E-state index in [1.54, 1.807) is 27.6 Å². The third kappa shape index (κ3) is 5.02. The van der Waals surface area contributed by atoms with Gasteiger partial charge in [0.05, 0.1) is 35.8 Å². The fourth-order valence-electron chi connectivity index (χ4n) is 7.05. The highest BCUT2D eigenvalue weighted by Crippen LogP contribution is 2.72. The molecule has 0 radical (unpaired) electrons. The summed E-state index contributed by atoms with van der Waals surface area (Å²) in [5.41, 5.74) is 2.76. The number of hydrogen-bond acceptors (Lipinski definition) is 6. The molecule has 6 atom stereocenters. The Morgan fingerprint density at radius 3 is 2.65 bits per heavy atom. The van der Waals surface area contributed by atoms with Crippen molar-refractivity contribution in [3.8, 4) is 0 Å². The first-order valence-corrected chi connectivity index (χ1v) is 15.3. The number of rotatable bonds is 13. The first-order chi connectivity index (χ1) is 19.1. The first-order valence-electron chi connectivity index (χ1n) is 14.5. The van der Waals surface area contributed by atoms with Crippen LogP contribution in [0.1, 0.15) is 63.5 Å². The number of anilines is 1. The van der Waals surface area contributed by atoms with Crippen molar-refractivity contribution < 1.29 is 24.2 Å². The van der Waals surface area contributed by atoms with E-state index in [9.17, 15) is 19.5 Å². The number of aliphatic hydroxyl groups excluding tert-OH is 1. The topological polar surface area (TPSA) is 87.1 Å². The van der Waals surface area contributed by atoms with E-state index in [0.29, 0.717) is 19.4 Å². The van der Waals surface area contributed by atoms with Gasteiger partial charge in [0.2, 0.25) is 5.91 Å². The average molecular weight is 569 g/mol. The van der Waals surface area contributed by atoms with E-state index in [1.807, 2.05) is 52.0 Å². The molecule has 1 spiro atoms. The second kappa shape index (κ2) is 12.1. The summed E-state index contributed by atoms with van der Waals surface area (Å²) in [6, 6.07) is 4.67. The van der Waals surface area contributed by atoms with Crippen LogP contribution in [0.15, 0.2) is 43.5 Å². The Morgan fingerprint density at radius 1 is 1.25 bits per heavy atom. The molecule has 1 aromatic rings. The lowest BCUT2D eigenvalue weighted by molar-refractivity contribution is -0.156. The van der Waals surface area contributed by atoms with Gasteiger partial charge in [-0.1, -0.05) is 31.2 Å². The summed E-state index contributed by atoms with van der Waals surface area (Å²) in [5.74, 6) is -2.06. The van der Waals surface area contributed by atoms with Crippen LogP contribution < -0.4 is 4.90 Å². The number of thioether (sulfide) groups is 1. The summed E-state index contributed by atoms with van der Waals surface area (Å²) in [6.45, 7) is 15.9. The molecule has 3 aliphatic rings. The maximum absolute atomic E-state index is 14.7. The highest BCUT2D eigenvalue weighted by molar-refractivity contribution is 8.02. The molecule has 1 N–H and O–H groups in total. The molecule has 3 fully saturated rings. The number of aryl methyl sites for hydroxylation is 2. The summed E-state index contributed by atoms with van der Waals surface area (Å²) in [7, 11) is 0. The number of aliphatic hydroxyl groups is 1. The van der Waals surface area contributed by atoms with E-state index in [-0.39, 0.29) is 30.9 Å². The Balaban J connectivity index is 1.76. The number of likely N-dealkylation sites (tertiary alicyclic amines) is 1. The Hall–Kier alpha value is -2.58. The molecule has 0 aliphatic carbocycles. The molecule has 0 saturated carbocycles. The van der Waals surface area contributed by atoms with Crippen molar-refractivity contribution in [3.05, 3.63) is 54.6 Å². The normalized spacial score (nSPS) is 29.3. The highest BCUT2D eigenvalue weighted by atomic mass is 32.2. The number of esters is 1. The molecule has 218 valence electrons. The minimum absolute atomic E-state index is 0.188. The van der Waals surface area contributed by atoms with Gasteiger partial charge in [-0.05, 0) is 76.5 Å². The van der Waals surface area contributed by atoms with Crippen LogP contribution in [-0.4, -0.2) is 69.1 Å². The number of unbranched alkanes of at least 4 members (excludes halogenated alkanes) is 2. The van der Waals surface area contributed by atoms with Crippen LogP contribution in [0.3, 0.4) is 0 Å². The van der Waals surface area contributed by atoms with E-state index in [4.69, 9.17) is 4.74 Å². The van der Waals surface area contributed by atoms with Crippen molar-refractivity contribution in [1.29, 1.82) is 0 Å². The number of hydrogen-bond donors (Lipinski definition) is 1. The Morgan fingerprint density at radius 2 is 2.00 bits per heavy atom. The van der Waals surface area contributed by atoms with Crippen molar-refractivity contribution in [1.82, 2.24) is 4.90 Å². The zero-order valence-corrected chi connectivity index (χ0v) is 25.2. The lowest BCUT2D eigenvalue weighted by Crippen LogP contribution is -2.57. The molecular weight excluding hydrogens is 524 g/mol. The van der Waals surface area contributed by atoms with Crippen molar-refractivity contribution in [2.45, 2.75) is 87.8 Å². The SMILES string of the molecule is C=CCCCCOC(=O)[C@@H]1[C@H]2C(=O)N([C@@H](CC)CO)C(C(=O)N(CC=C)c3cc(C)ccc3C)C23CC[C@@]1(C)S3. The minimum Gasteiger partial charge on any atom is -0.465 e. The zero-order valence-electron chi connectivity index (χ0n) is 24.4. The first kappa shape index (κ1) is 30.4. The molecule has 4 rings (SSSR count). The van der Waals surface area contributed by atoms with E-state index in [2.05, 4.69) is 13.2 Å². The van der Waals surface area contributed by atoms with Crippen molar-refractivity contribution in [2.75, 3.05) is 24.7 Å². The lowest BCUT2D eigenvalue weighted by atomic mass is 9.66. The fraction of sp³-hybridized carbons (Fsp3) is 0.594. The van der Waals surface area contributed by atoms with Crippen molar-refractivity contribution >= 4 is 35.2 Å². The van der Waals surface area contributed by atoms with Crippen molar-refractivity contribution in [2.24, 2.45) is 11.8 Å². The summed E-state index contributed by atoms with van der Waals surface area (Å²) in [6.07, 6.45) is 7.90. The van der Waals surface area contributed by atoms with Crippen LogP contribution in [0.5, 0.6) is 0 Å². The Kier molecular flexibility index (Phi) is 9.20. The summed E-state index contributed by atoms with van der Waals surface area (Å²) >= 11 is 1.62. The number of amides is 2. The number of benzene rings is 1. The van der Waals surface area contributed by atoms with Gasteiger partial charge in [0.15, 0.2) is 0 Å². The second-order valence-corrected chi connectivity index (χ2v) is 13.6. The summed E-state index contributed by atoms with van der Waals surface area (Å²) < 4.78 is 4.49. The smallest absolute Gasteiger partial charge is 0.311 e. The van der Waals surface area contributed by atoms with Gasteiger partial charge in [0.1, 0.15) is 6.04 Å². The molecule has 2 unspecified atom stereocenters. The third-order valence-electron chi connectivity index (χ3n) is 9.06. The fourth-order valence-corrected chi connectivity index (χ4v) is 9.38. The van der Waals surface area contributed by atoms with E-state index < -0.39 is 33.4 Å². The molecule has 7 nitrogen and oxygen atoms in total. The minimum atomic E-state index is -0.806. The van der Waals surface area contributed by atoms with Crippen LogP contribution in [-0.2, 0) is 19.1 Å². The predicted octanol–water partition coefficient (Wildman–Crippen LogP) is 4.97. The molecule has 8 heteroatoms. The van der Waals surface area contributed by atoms with Gasteiger partial charge in [-0.3, -0.25) is 14.4 Å². The van der Waals surface area contributed by atoms with Crippen LogP contribution in [0.25, 0.3) is 0 Å². The standard InChI is InChI=1S/C32H44N2O5S/c1-7-10-11-12-18-39-30(38)26-25-28(36)34(23(9-3)20-35)27(32(25)16-15-31(26,6)40-32)29(37)33(17-8-2)24-19-21(4)13-14-22(24)5/h7-8,13-14,19,23,25-27,35H,1-2,9-12,15-18,20H2,3-6H3/t23-,25-,26-,27?,31+,32?/m0/s1. The molecule has 1 aromatic carbocycles. The van der Waals surface area contributed by atoms with Crippen LogP contribution in [0.4, 0.5) is 5.69 Å². The highest BCUT2D eigenvalue weighted by Gasteiger charge is 2.78. The molecule has 2 bridgehead atoms. The molecule has 3 aliphatic heterocycles. The molecule has 3 saturated heterocycles. The number of carbonyl (C=O) groups is 3. The van der Waals surface area contributed by atoms with Gasteiger partial charge in [-0.2, -0.15) is 0 Å². The van der Waals surface area contributed by atoms with E-state index in [1.165, 1.54) is 0 Å². The molecule has 2 amide bonds. The summed E-state index contributed by atoms with van der Waals surface area (Å²) in [5, 5.41) is 10.3. The maximum Gasteiger partial charge on any atom is 0.311 e. The molecule has 40 heavy (non-hydrogen) atoms. The quantitative estimate of drug-likeness (QED) is 0.205. The number of allylic oxidation sites excluding steroid dienone is 1. The number of ether oxygens (including phenoxy) is 1. The van der Waals surface area contributed by atoms with Gasteiger partial charge in [-0.25, -0.2) is 0 Å². The van der Waals surface area contributed by atoms with E-state index in [0.717, 1.165) is 42.5 Å². The molecule has 0 aromatic heterocycles. The maximum atomic E-state index is 14.7. The average Bonchev–Trinajstić information content (AvgIpc) is 3.50. The Labute approximate surface area is 243 Å². The lowest BCUT2D eigenvalue weighted by Gasteiger charge is -2.39. The number of carbonyl (C=O) groups excluding carboxylic acids is 3. The van der Waals surface area contributed by atoms with E-state index >= 15 is 0 Å². The monoisotopic (exact) mass is 568 g/mol. The zero-order chi connectivity index (χ0) is 29.2. The second-order valence-electron chi connectivity index (χ2n) is 11.7. The number of nitrogens with zero attached hydrogens (tertiary/aromatic N) is 2. The predicted molar refractivity (Wildman–Crippen MR) is 160 cm³/mol. The third-order valence-corrected chi connectivity index (χ3v) is 11.0. The van der Waals surface area contributed by atoms with Crippen LogP contribution in [0.2, 0.25) is 0 Å². The Bertz CT molecular complexity index is 1170. The number of fused-ring (bicyclic) bond motifs is 1. The summed E-state index contributed by atoms with van der Waals surface area (Å²) in [4.78, 5) is 46.0. The van der Waals surface area contributed by atoms with Gasteiger partial charge < -0.3 is 19.6 Å². The van der Waals surface area contributed by atoms with Crippen LogP contribution >= 0.6 is 11.8 Å². The van der Waals surface area contributed by atoms with Crippen LogP contribution in [0, 0.1) is 25.7 Å². The van der Waals surface area contributed by atoms with Gasteiger partial charge in [0.25, 0.3) is 5.91 Å². The largest absolute Gasteiger partial charge is 0.465 e. The van der Waals surface area contributed by atoms with Gasteiger partial charge in [0, 0.05) is 17.0 Å². The van der Waals surface area contributed by atoms with Gasteiger partial charge in [-0.15, -0.1) is 24.9 Å².